The molecule has 8 heteroatoms. The van der Waals surface area contributed by atoms with Gasteiger partial charge in [0.15, 0.2) is 0 Å². The van der Waals surface area contributed by atoms with E-state index in [1.54, 1.807) is 17.7 Å². The van der Waals surface area contributed by atoms with Crippen LogP contribution in [0, 0.1) is 0 Å². The van der Waals surface area contributed by atoms with Crippen LogP contribution in [0.15, 0.2) is 6.33 Å². The number of nitrogens with one attached hydrogen (secondary N) is 1. The van der Waals surface area contributed by atoms with Crippen molar-refractivity contribution in [2.24, 2.45) is 0 Å². The molecule has 0 radical (unpaired) electrons. The molecule has 2 aliphatic rings. The second-order valence-corrected chi connectivity index (χ2v) is 8.25. The predicted molar refractivity (Wildman–Crippen MR) is 108 cm³/mol. The van der Waals surface area contributed by atoms with Gasteiger partial charge in [0, 0.05) is 24.5 Å². The van der Waals surface area contributed by atoms with Crippen LogP contribution in [0.2, 0.25) is 0 Å². The third kappa shape index (κ3) is 2.83. The number of aryl methyl sites for hydroxylation is 1. The summed E-state index contributed by atoms with van der Waals surface area (Å²) >= 11 is 1.65. The average Bonchev–Trinajstić information content (AvgIpc) is 3.32. The van der Waals surface area contributed by atoms with Crippen LogP contribution in [0.1, 0.15) is 24.5 Å². The Morgan fingerprint density at radius 2 is 2.07 bits per heavy atom. The summed E-state index contributed by atoms with van der Waals surface area (Å²) in [7, 11) is 0. The standard InChI is InChI=1S/C19H23N5O2S/c1-11(9-25)22-17-16-15(20-10-21-17)14-12-3-2-4-13(12)18(23-19(14)27-16)24-5-7-26-8-6-24/h10-11,25H,2-9H2,1H3,(H,20,21,22)/t11-/m1/s1. The summed E-state index contributed by atoms with van der Waals surface area (Å²) in [6.07, 6.45) is 4.94. The number of morpholine rings is 1. The van der Waals surface area contributed by atoms with Gasteiger partial charge in [0.1, 0.15) is 22.8 Å². The largest absolute Gasteiger partial charge is 0.394 e. The molecule has 1 fully saturated rings. The molecule has 3 aromatic rings. The van der Waals surface area contributed by atoms with E-state index in [1.165, 1.54) is 22.9 Å². The summed E-state index contributed by atoms with van der Waals surface area (Å²) in [6, 6.07) is -0.0594. The highest BCUT2D eigenvalue weighted by Gasteiger charge is 2.27. The predicted octanol–water partition coefficient (Wildman–Crippen LogP) is 2.36. The van der Waals surface area contributed by atoms with E-state index >= 15 is 0 Å². The summed E-state index contributed by atoms with van der Waals surface area (Å²) in [5.74, 6) is 1.92. The van der Waals surface area contributed by atoms with E-state index in [-0.39, 0.29) is 12.6 Å². The second-order valence-electron chi connectivity index (χ2n) is 7.26. The summed E-state index contributed by atoms with van der Waals surface area (Å²) < 4.78 is 6.55. The van der Waals surface area contributed by atoms with Crippen molar-refractivity contribution in [1.29, 1.82) is 0 Å². The highest BCUT2D eigenvalue weighted by atomic mass is 32.1. The van der Waals surface area contributed by atoms with Crippen LogP contribution in [0.5, 0.6) is 0 Å². The van der Waals surface area contributed by atoms with Crippen molar-refractivity contribution < 1.29 is 9.84 Å². The molecule has 1 aliphatic heterocycles. The van der Waals surface area contributed by atoms with Crippen molar-refractivity contribution >= 4 is 43.4 Å². The molecule has 0 amide bonds. The van der Waals surface area contributed by atoms with Gasteiger partial charge in [-0.3, -0.25) is 0 Å². The Labute approximate surface area is 161 Å². The molecule has 27 heavy (non-hydrogen) atoms. The van der Waals surface area contributed by atoms with Crippen LogP contribution in [0.4, 0.5) is 11.6 Å². The summed E-state index contributed by atoms with van der Waals surface area (Å²) in [5.41, 5.74) is 3.78. The quantitative estimate of drug-likeness (QED) is 0.713. The Bertz CT molecular complexity index is 999. The lowest BCUT2D eigenvalue weighted by molar-refractivity contribution is 0.122. The van der Waals surface area contributed by atoms with Crippen molar-refractivity contribution in [2.75, 3.05) is 43.1 Å². The summed E-state index contributed by atoms with van der Waals surface area (Å²) in [5, 5.41) is 13.9. The molecule has 4 heterocycles. The first-order valence-electron chi connectivity index (χ1n) is 9.55. The zero-order valence-electron chi connectivity index (χ0n) is 15.4. The first-order chi connectivity index (χ1) is 13.3. The third-order valence-electron chi connectivity index (χ3n) is 5.42. The molecule has 5 rings (SSSR count). The number of fused-ring (bicyclic) bond motifs is 5. The molecular formula is C19H23N5O2S. The third-order valence-corrected chi connectivity index (χ3v) is 6.50. The zero-order chi connectivity index (χ0) is 18.4. The Morgan fingerprint density at radius 3 is 2.89 bits per heavy atom. The lowest BCUT2D eigenvalue weighted by atomic mass is 10.1. The minimum atomic E-state index is -0.0594. The van der Waals surface area contributed by atoms with Crippen LogP contribution >= 0.6 is 11.3 Å². The van der Waals surface area contributed by atoms with Gasteiger partial charge in [-0.05, 0) is 37.3 Å². The molecular weight excluding hydrogens is 362 g/mol. The monoisotopic (exact) mass is 385 g/mol. The number of pyridine rings is 1. The Kier molecular flexibility index (Phi) is 4.34. The SMILES string of the molecule is C[C@H](CO)Nc1ncnc2c1sc1nc(N3CCOCC3)c3c(c12)CCC3. The first kappa shape index (κ1) is 17.1. The number of aliphatic hydroxyl groups excluding tert-OH is 1. The van der Waals surface area contributed by atoms with E-state index in [0.29, 0.717) is 0 Å². The normalized spacial score (nSPS) is 18.2. The molecule has 2 N–H and O–H groups in total. The highest BCUT2D eigenvalue weighted by molar-refractivity contribution is 7.26. The Balaban J connectivity index is 1.71. The van der Waals surface area contributed by atoms with Crippen molar-refractivity contribution in [3.8, 4) is 0 Å². The van der Waals surface area contributed by atoms with E-state index in [1.807, 2.05) is 6.92 Å². The lowest BCUT2D eigenvalue weighted by Gasteiger charge is -2.29. The number of hydrogen-bond acceptors (Lipinski definition) is 8. The molecule has 0 aromatic carbocycles. The maximum absolute atomic E-state index is 9.38. The molecule has 0 unspecified atom stereocenters. The topological polar surface area (TPSA) is 83.4 Å². The lowest BCUT2D eigenvalue weighted by Crippen LogP contribution is -2.37. The molecule has 1 aliphatic carbocycles. The van der Waals surface area contributed by atoms with Gasteiger partial charge in [-0.1, -0.05) is 0 Å². The minimum absolute atomic E-state index is 0.0594. The zero-order valence-corrected chi connectivity index (χ0v) is 16.2. The van der Waals surface area contributed by atoms with Gasteiger partial charge in [-0.2, -0.15) is 0 Å². The number of anilines is 2. The van der Waals surface area contributed by atoms with E-state index in [0.717, 1.165) is 65.8 Å². The first-order valence-corrected chi connectivity index (χ1v) is 10.4. The van der Waals surface area contributed by atoms with Crippen molar-refractivity contribution in [3.63, 3.8) is 0 Å². The molecule has 3 aromatic heterocycles. The Hall–Kier alpha value is -2.03. The van der Waals surface area contributed by atoms with E-state index < -0.39 is 0 Å². The van der Waals surface area contributed by atoms with Crippen LogP contribution in [0.25, 0.3) is 20.4 Å². The molecule has 1 saturated heterocycles. The summed E-state index contributed by atoms with van der Waals surface area (Å²) in [6.45, 7) is 5.32. The number of nitrogens with zero attached hydrogens (tertiary/aromatic N) is 4. The van der Waals surface area contributed by atoms with Crippen molar-refractivity contribution in [3.05, 3.63) is 17.5 Å². The fourth-order valence-corrected chi connectivity index (χ4v) is 5.20. The van der Waals surface area contributed by atoms with Gasteiger partial charge in [0.2, 0.25) is 0 Å². The van der Waals surface area contributed by atoms with E-state index in [4.69, 9.17) is 9.72 Å². The molecule has 1 atom stereocenters. The fraction of sp³-hybridized carbons (Fsp3) is 0.526. The second kappa shape index (κ2) is 6.85. The van der Waals surface area contributed by atoms with Crippen LogP contribution in [-0.4, -0.2) is 59.0 Å². The van der Waals surface area contributed by atoms with Gasteiger partial charge in [0.25, 0.3) is 0 Å². The van der Waals surface area contributed by atoms with Crippen LogP contribution < -0.4 is 10.2 Å². The van der Waals surface area contributed by atoms with Crippen LogP contribution in [-0.2, 0) is 17.6 Å². The molecule has 0 saturated carbocycles. The number of aromatic nitrogens is 3. The maximum atomic E-state index is 9.38. The van der Waals surface area contributed by atoms with Crippen molar-refractivity contribution in [1.82, 2.24) is 15.0 Å². The average molecular weight is 385 g/mol. The van der Waals surface area contributed by atoms with Crippen LogP contribution in [0.3, 0.4) is 0 Å². The van der Waals surface area contributed by atoms with E-state index in [9.17, 15) is 5.11 Å². The molecule has 0 spiro atoms. The molecule has 0 bridgehead atoms. The number of ether oxygens (including phenoxy) is 1. The van der Waals surface area contributed by atoms with E-state index in [2.05, 4.69) is 20.2 Å². The minimum Gasteiger partial charge on any atom is -0.394 e. The van der Waals surface area contributed by atoms with Gasteiger partial charge < -0.3 is 20.1 Å². The van der Waals surface area contributed by atoms with Gasteiger partial charge >= 0.3 is 0 Å². The molecule has 142 valence electrons. The number of thiophene rings is 1. The highest BCUT2D eigenvalue weighted by Crippen LogP contribution is 2.43. The number of rotatable bonds is 4. The van der Waals surface area contributed by atoms with Gasteiger partial charge in [-0.25, -0.2) is 15.0 Å². The van der Waals surface area contributed by atoms with Gasteiger partial charge in [-0.15, -0.1) is 11.3 Å². The van der Waals surface area contributed by atoms with Crippen molar-refractivity contribution in [2.45, 2.75) is 32.2 Å². The smallest absolute Gasteiger partial charge is 0.147 e. The number of aliphatic hydroxyl groups is 1. The summed E-state index contributed by atoms with van der Waals surface area (Å²) in [4.78, 5) is 17.5. The number of hydrogen-bond donors (Lipinski definition) is 2. The van der Waals surface area contributed by atoms with Gasteiger partial charge in [0.05, 0.1) is 30.0 Å². The maximum Gasteiger partial charge on any atom is 0.147 e. The molecule has 7 nitrogen and oxygen atoms in total. The Morgan fingerprint density at radius 1 is 1.26 bits per heavy atom. The fourth-order valence-electron chi connectivity index (χ4n) is 4.10.